The predicted molar refractivity (Wildman–Crippen MR) is 83.3 cm³/mol. The standard InChI is InChI=1S/C14H10Br2OS/c15-11-4-6-13(7-5-11)18-9-14(17)10-2-1-3-12(16)8-10/h1-8H,9H2. The molecule has 0 spiro atoms. The van der Waals surface area contributed by atoms with Crippen molar-refractivity contribution in [2.75, 3.05) is 5.75 Å². The molecule has 0 N–H and O–H groups in total. The van der Waals surface area contributed by atoms with Crippen LogP contribution in [-0.4, -0.2) is 11.5 Å². The van der Waals surface area contributed by atoms with Crippen LogP contribution in [-0.2, 0) is 0 Å². The van der Waals surface area contributed by atoms with Crippen LogP contribution < -0.4 is 0 Å². The van der Waals surface area contributed by atoms with Gasteiger partial charge in [-0.2, -0.15) is 0 Å². The summed E-state index contributed by atoms with van der Waals surface area (Å²) in [5.41, 5.74) is 0.744. The third-order valence-electron chi connectivity index (χ3n) is 2.33. The zero-order valence-electron chi connectivity index (χ0n) is 9.40. The lowest BCUT2D eigenvalue weighted by Crippen LogP contribution is -2.01. The highest BCUT2D eigenvalue weighted by Crippen LogP contribution is 2.22. The largest absolute Gasteiger partial charge is 0.293 e. The number of carbonyl (C=O) groups excluding carboxylic acids is 1. The molecule has 0 unspecified atom stereocenters. The number of thioether (sulfide) groups is 1. The Kier molecular flexibility index (Phi) is 5.03. The third-order valence-corrected chi connectivity index (χ3v) is 4.36. The molecule has 0 heterocycles. The van der Waals surface area contributed by atoms with Crippen LogP contribution >= 0.6 is 43.6 Å². The number of carbonyl (C=O) groups is 1. The first-order chi connectivity index (χ1) is 8.65. The van der Waals surface area contributed by atoms with E-state index in [2.05, 4.69) is 31.9 Å². The van der Waals surface area contributed by atoms with Gasteiger partial charge in [-0.3, -0.25) is 4.79 Å². The van der Waals surface area contributed by atoms with Gasteiger partial charge in [-0.1, -0.05) is 44.0 Å². The minimum atomic E-state index is 0.143. The van der Waals surface area contributed by atoms with Gasteiger partial charge >= 0.3 is 0 Å². The van der Waals surface area contributed by atoms with Gasteiger partial charge in [0, 0.05) is 19.4 Å². The topological polar surface area (TPSA) is 17.1 Å². The first-order valence-corrected chi connectivity index (χ1v) is 7.89. The summed E-state index contributed by atoms with van der Waals surface area (Å²) >= 11 is 8.31. The van der Waals surface area contributed by atoms with E-state index in [0.717, 1.165) is 19.4 Å². The predicted octanol–water partition coefficient (Wildman–Crippen LogP) is 5.19. The van der Waals surface area contributed by atoms with Crippen LogP contribution in [0.1, 0.15) is 10.4 Å². The van der Waals surface area contributed by atoms with Gasteiger partial charge < -0.3 is 0 Å². The summed E-state index contributed by atoms with van der Waals surface area (Å²) in [7, 11) is 0. The molecule has 0 aliphatic carbocycles. The summed E-state index contributed by atoms with van der Waals surface area (Å²) in [5, 5.41) is 0. The molecule has 1 nitrogen and oxygen atoms in total. The fourth-order valence-corrected chi connectivity index (χ4v) is 2.88. The molecule has 0 radical (unpaired) electrons. The lowest BCUT2D eigenvalue weighted by molar-refractivity contribution is 0.102. The van der Waals surface area contributed by atoms with Crippen molar-refractivity contribution in [2.24, 2.45) is 0 Å². The highest BCUT2D eigenvalue weighted by Gasteiger charge is 2.06. The molecular formula is C14H10Br2OS. The second kappa shape index (κ2) is 6.55. The number of rotatable bonds is 4. The Morgan fingerprint density at radius 1 is 1.00 bits per heavy atom. The molecule has 0 aromatic heterocycles. The lowest BCUT2D eigenvalue weighted by atomic mass is 10.2. The van der Waals surface area contributed by atoms with E-state index in [1.165, 1.54) is 0 Å². The molecule has 0 fully saturated rings. The Morgan fingerprint density at radius 3 is 2.39 bits per heavy atom. The van der Waals surface area contributed by atoms with E-state index in [0.29, 0.717) is 5.75 Å². The van der Waals surface area contributed by atoms with Gasteiger partial charge in [-0.05, 0) is 36.4 Å². The van der Waals surface area contributed by atoms with Gasteiger partial charge in [0.1, 0.15) is 0 Å². The average molecular weight is 386 g/mol. The Labute approximate surface area is 127 Å². The van der Waals surface area contributed by atoms with Crippen molar-refractivity contribution in [3.8, 4) is 0 Å². The third kappa shape index (κ3) is 3.97. The Hall–Kier alpha value is -0.580. The molecule has 4 heteroatoms. The fraction of sp³-hybridized carbons (Fsp3) is 0.0714. The summed E-state index contributed by atoms with van der Waals surface area (Å²) < 4.78 is 1.98. The minimum absolute atomic E-state index is 0.143. The minimum Gasteiger partial charge on any atom is -0.293 e. The summed E-state index contributed by atoms with van der Waals surface area (Å²) in [6.07, 6.45) is 0. The van der Waals surface area contributed by atoms with Crippen LogP contribution in [0, 0.1) is 0 Å². The van der Waals surface area contributed by atoms with Crippen molar-refractivity contribution >= 4 is 49.4 Å². The molecule has 0 saturated carbocycles. The number of ketones is 1. The average Bonchev–Trinajstić information content (AvgIpc) is 2.38. The van der Waals surface area contributed by atoms with Crippen LogP contribution in [0.25, 0.3) is 0 Å². The zero-order valence-corrected chi connectivity index (χ0v) is 13.4. The Balaban J connectivity index is 1.98. The van der Waals surface area contributed by atoms with E-state index in [-0.39, 0.29) is 5.78 Å². The molecule has 2 rings (SSSR count). The monoisotopic (exact) mass is 384 g/mol. The van der Waals surface area contributed by atoms with Crippen molar-refractivity contribution in [1.29, 1.82) is 0 Å². The second-order valence-electron chi connectivity index (χ2n) is 3.68. The van der Waals surface area contributed by atoms with Crippen molar-refractivity contribution in [3.63, 3.8) is 0 Å². The molecule has 0 aliphatic heterocycles. The zero-order chi connectivity index (χ0) is 13.0. The van der Waals surface area contributed by atoms with Gasteiger partial charge in [0.25, 0.3) is 0 Å². The van der Waals surface area contributed by atoms with Gasteiger partial charge in [0.2, 0.25) is 0 Å². The lowest BCUT2D eigenvalue weighted by Gasteiger charge is -2.02. The van der Waals surface area contributed by atoms with E-state index in [1.54, 1.807) is 11.8 Å². The van der Waals surface area contributed by atoms with Crippen LogP contribution in [0.15, 0.2) is 62.4 Å². The van der Waals surface area contributed by atoms with Crippen molar-refractivity contribution in [2.45, 2.75) is 4.90 Å². The van der Waals surface area contributed by atoms with Crippen molar-refractivity contribution in [3.05, 3.63) is 63.0 Å². The first kappa shape index (κ1) is 13.8. The molecule has 0 amide bonds. The Bertz CT molecular complexity index is 552. The van der Waals surface area contributed by atoms with Crippen LogP contribution in [0.4, 0.5) is 0 Å². The summed E-state index contributed by atoms with van der Waals surface area (Å²) in [5.74, 6) is 0.599. The molecule has 2 aromatic rings. The maximum absolute atomic E-state index is 12.0. The van der Waals surface area contributed by atoms with Gasteiger partial charge in [-0.25, -0.2) is 0 Å². The maximum Gasteiger partial charge on any atom is 0.173 e. The molecule has 2 aromatic carbocycles. The van der Waals surface area contributed by atoms with E-state index in [1.807, 2.05) is 48.5 Å². The molecule has 0 atom stereocenters. The summed E-state index contributed by atoms with van der Waals surface area (Å²) in [6, 6.07) is 15.4. The van der Waals surface area contributed by atoms with Gasteiger partial charge in [0.15, 0.2) is 5.78 Å². The molecule has 92 valence electrons. The highest BCUT2D eigenvalue weighted by atomic mass is 79.9. The number of hydrogen-bond donors (Lipinski definition) is 0. The van der Waals surface area contributed by atoms with Gasteiger partial charge in [-0.15, -0.1) is 11.8 Å². The number of halogens is 2. The summed E-state index contributed by atoms with van der Waals surface area (Å²) in [4.78, 5) is 13.1. The molecule has 18 heavy (non-hydrogen) atoms. The van der Waals surface area contributed by atoms with Crippen LogP contribution in [0.2, 0.25) is 0 Å². The van der Waals surface area contributed by atoms with Crippen molar-refractivity contribution < 1.29 is 4.79 Å². The SMILES string of the molecule is O=C(CSc1ccc(Br)cc1)c1cccc(Br)c1. The number of Topliss-reactive ketones (excluding diaryl/α,β-unsaturated/α-hetero) is 1. The quantitative estimate of drug-likeness (QED) is 0.532. The maximum atomic E-state index is 12.0. The fourth-order valence-electron chi connectivity index (χ4n) is 1.42. The molecule has 0 saturated heterocycles. The van der Waals surface area contributed by atoms with E-state index in [9.17, 15) is 4.79 Å². The van der Waals surface area contributed by atoms with Gasteiger partial charge in [0.05, 0.1) is 5.75 Å². The Morgan fingerprint density at radius 2 is 1.72 bits per heavy atom. The number of benzene rings is 2. The molecular weight excluding hydrogens is 376 g/mol. The second-order valence-corrected chi connectivity index (χ2v) is 6.56. The highest BCUT2D eigenvalue weighted by molar-refractivity contribution is 9.10. The first-order valence-electron chi connectivity index (χ1n) is 5.32. The van der Waals surface area contributed by atoms with Crippen LogP contribution in [0.3, 0.4) is 0 Å². The van der Waals surface area contributed by atoms with E-state index in [4.69, 9.17) is 0 Å². The molecule has 0 bridgehead atoms. The smallest absolute Gasteiger partial charge is 0.173 e. The molecule has 0 aliphatic rings. The van der Waals surface area contributed by atoms with E-state index >= 15 is 0 Å². The van der Waals surface area contributed by atoms with Crippen LogP contribution in [0.5, 0.6) is 0 Å². The summed E-state index contributed by atoms with van der Waals surface area (Å²) in [6.45, 7) is 0. The number of hydrogen-bond acceptors (Lipinski definition) is 2. The normalized spacial score (nSPS) is 10.3. The van der Waals surface area contributed by atoms with E-state index < -0.39 is 0 Å². The van der Waals surface area contributed by atoms with Crippen molar-refractivity contribution in [1.82, 2.24) is 0 Å².